The summed E-state index contributed by atoms with van der Waals surface area (Å²) in [5, 5.41) is 6.74. The third-order valence-electron chi connectivity index (χ3n) is 4.10. The number of nitrogens with zero attached hydrogens (tertiary/aromatic N) is 3. The van der Waals surface area contributed by atoms with E-state index in [1.165, 1.54) is 5.56 Å². The molecule has 1 aliphatic heterocycles. The average Bonchev–Trinajstić information content (AvgIpc) is 2.62. The number of piperazine rings is 1. The van der Waals surface area contributed by atoms with Crippen LogP contribution in [0, 0.1) is 0 Å². The van der Waals surface area contributed by atoms with E-state index in [4.69, 9.17) is 4.74 Å². The van der Waals surface area contributed by atoms with E-state index in [1.807, 2.05) is 30.5 Å². The second kappa shape index (κ2) is 7.79. The lowest BCUT2D eigenvalue weighted by atomic mass is 10.2. The van der Waals surface area contributed by atoms with Crippen molar-refractivity contribution >= 4 is 6.21 Å². The van der Waals surface area contributed by atoms with E-state index < -0.39 is 0 Å². The van der Waals surface area contributed by atoms with Crippen molar-refractivity contribution in [3.8, 4) is 5.75 Å². The molecule has 0 amide bonds. The van der Waals surface area contributed by atoms with Crippen molar-refractivity contribution in [2.24, 2.45) is 5.10 Å². The Labute approximate surface area is 138 Å². The fourth-order valence-corrected chi connectivity index (χ4v) is 2.77. The zero-order valence-electron chi connectivity index (χ0n) is 13.6. The Morgan fingerprint density at radius 3 is 2.39 bits per heavy atom. The van der Waals surface area contributed by atoms with Crippen LogP contribution in [0.3, 0.4) is 0 Å². The predicted molar refractivity (Wildman–Crippen MR) is 93.9 cm³/mol. The molecule has 120 valence electrons. The van der Waals surface area contributed by atoms with Crippen molar-refractivity contribution in [2.75, 3.05) is 33.3 Å². The Bertz CT molecular complexity index is 634. The maximum Gasteiger partial charge on any atom is 0.127 e. The van der Waals surface area contributed by atoms with Crippen LogP contribution in [0.4, 0.5) is 0 Å². The zero-order chi connectivity index (χ0) is 15.9. The molecule has 0 saturated carbocycles. The molecule has 3 rings (SSSR count). The summed E-state index contributed by atoms with van der Waals surface area (Å²) < 4.78 is 5.35. The summed E-state index contributed by atoms with van der Waals surface area (Å²) in [5.74, 6) is 0.860. The SMILES string of the molecule is COc1ccccc1C=NN1CCN(Cc2ccccc2)CC1. The zero-order valence-corrected chi connectivity index (χ0v) is 13.6. The summed E-state index contributed by atoms with van der Waals surface area (Å²) in [6, 6.07) is 18.6. The number of para-hydroxylation sites is 1. The first-order valence-corrected chi connectivity index (χ1v) is 8.03. The number of hydrazone groups is 1. The van der Waals surface area contributed by atoms with Crippen molar-refractivity contribution < 1.29 is 4.74 Å². The van der Waals surface area contributed by atoms with Gasteiger partial charge in [0.25, 0.3) is 0 Å². The van der Waals surface area contributed by atoms with Crippen LogP contribution in [-0.2, 0) is 6.54 Å². The third-order valence-corrected chi connectivity index (χ3v) is 4.10. The highest BCUT2D eigenvalue weighted by Crippen LogP contribution is 2.15. The summed E-state index contributed by atoms with van der Waals surface area (Å²) in [6.45, 7) is 5.01. The van der Waals surface area contributed by atoms with Gasteiger partial charge in [0.05, 0.1) is 13.3 Å². The summed E-state index contributed by atoms with van der Waals surface area (Å²) >= 11 is 0. The van der Waals surface area contributed by atoms with Gasteiger partial charge in [0, 0.05) is 38.3 Å². The number of ether oxygens (including phenoxy) is 1. The van der Waals surface area contributed by atoms with Crippen LogP contribution in [-0.4, -0.2) is 49.4 Å². The second-order valence-corrected chi connectivity index (χ2v) is 5.70. The first-order chi connectivity index (χ1) is 11.3. The molecule has 0 radical (unpaired) electrons. The average molecular weight is 309 g/mol. The number of benzene rings is 2. The Morgan fingerprint density at radius 1 is 0.957 bits per heavy atom. The van der Waals surface area contributed by atoms with Gasteiger partial charge in [-0.1, -0.05) is 42.5 Å². The van der Waals surface area contributed by atoms with E-state index in [2.05, 4.69) is 45.3 Å². The molecule has 1 fully saturated rings. The van der Waals surface area contributed by atoms with E-state index >= 15 is 0 Å². The van der Waals surface area contributed by atoms with Gasteiger partial charge < -0.3 is 4.74 Å². The number of hydrogen-bond donors (Lipinski definition) is 0. The van der Waals surface area contributed by atoms with Gasteiger partial charge in [-0.2, -0.15) is 5.10 Å². The van der Waals surface area contributed by atoms with Crippen LogP contribution in [0.2, 0.25) is 0 Å². The third kappa shape index (κ3) is 4.33. The molecule has 2 aromatic rings. The largest absolute Gasteiger partial charge is 0.496 e. The van der Waals surface area contributed by atoms with Crippen molar-refractivity contribution in [3.63, 3.8) is 0 Å². The van der Waals surface area contributed by atoms with E-state index in [0.29, 0.717) is 0 Å². The van der Waals surface area contributed by atoms with E-state index in [0.717, 1.165) is 44.0 Å². The summed E-state index contributed by atoms with van der Waals surface area (Å²) in [6.07, 6.45) is 1.89. The summed E-state index contributed by atoms with van der Waals surface area (Å²) in [7, 11) is 1.69. The van der Waals surface area contributed by atoms with Gasteiger partial charge in [-0.3, -0.25) is 9.91 Å². The van der Waals surface area contributed by atoms with Crippen molar-refractivity contribution in [2.45, 2.75) is 6.54 Å². The molecule has 0 aromatic heterocycles. The topological polar surface area (TPSA) is 28.1 Å². The fraction of sp³-hybridized carbons (Fsp3) is 0.316. The quantitative estimate of drug-likeness (QED) is 0.795. The number of rotatable bonds is 5. The van der Waals surface area contributed by atoms with Crippen molar-refractivity contribution in [1.82, 2.24) is 9.91 Å². The standard InChI is InChI=1S/C19H23N3O/c1-23-19-10-6-5-9-18(19)15-20-22-13-11-21(12-14-22)16-17-7-3-2-4-8-17/h2-10,15H,11-14,16H2,1H3. The van der Waals surface area contributed by atoms with Crippen LogP contribution in [0.25, 0.3) is 0 Å². The normalized spacial score (nSPS) is 16.0. The second-order valence-electron chi connectivity index (χ2n) is 5.70. The molecule has 0 aliphatic carbocycles. The molecular formula is C19H23N3O. The number of hydrogen-bond acceptors (Lipinski definition) is 4. The molecule has 0 atom stereocenters. The molecule has 0 bridgehead atoms. The Hall–Kier alpha value is -2.33. The summed E-state index contributed by atoms with van der Waals surface area (Å²) in [4.78, 5) is 2.48. The minimum atomic E-state index is 0.860. The Balaban J connectivity index is 1.52. The lowest BCUT2D eigenvalue weighted by Gasteiger charge is -2.33. The lowest BCUT2D eigenvalue weighted by Crippen LogP contribution is -2.43. The lowest BCUT2D eigenvalue weighted by molar-refractivity contribution is 0.131. The van der Waals surface area contributed by atoms with Crippen LogP contribution in [0.5, 0.6) is 5.75 Å². The van der Waals surface area contributed by atoms with E-state index in [-0.39, 0.29) is 0 Å². The Morgan fingerprint density at radius 2 is 1.65 bits per heavy atom. The van der Waals surface area contributed by atoms with Crippen LogP contribution in [0.1, 0.15) is 11.1 Å². The van der Waals surface area contributed by atoms with E-state index in [1.54, 1.807) is 7.11 Å². The van der Waals surface area contributed by atoms with Crippen LogP contribution >= 0.6 is 0 Å². The molecule has 4 nitrogen and oxygen atoms in total. The van der Waals surface area contributed by atoms with Gasteiger partial charge in [0.1, 0.15) is 5.75 Å². The number of methoxy groups -OCH3 is 1. The first-order valence-electron chi connectivity index (χ1n) is 8.03. The highest BCUT2D eigenvalue weighted by molar-refractivity contribution is 5.83. The molecule has 1 aliphatic rings. The minimum Gasteiger partial charge on any atom is -0.496 e. The van der Waals surface area contributed by atoms with Crippen LogP contribution < -0.4 is 4.74 Å². The molecule has 23 heavy (non-hydrogen) atoms. The molecule has 0 unspecified atom stereocenters. The van der Waals surface area contributed by atoms with Gasteiger partial charge >= 0.3 is 0 Å². The fourth-order valence-electron chi connectivity index (χ4n) is 2.77. The van der Waals surface area contributed by atoms with Gasteiger partial charge in [0.2, 0.25) is 0 Å². The molecule has 4 heteroatoms. The molecule has 1 heterocycles. The Kier molecular flexibility index (Phi) is 5.27. The molecule has 2 aromatic carbocycles. The van der Waals surface area contributed by atoms with Gasteiger partial charge in [0.15, 0.2) is 0 Å². The van der Waals surface area contributed by atoms with Gasteiger partial charge in [-0.05, 0) is 17.7 Å². The van der Waals surface area contributed by atoms with Gasteiger partial charge in [-0.25, -0.2) is 0 Å². The van der Waals surface area contributed by atoms with Crippen LogP contribution in [0.15, 0.2) is 59.7 Å². The van der Waals surface area contributed by atoms with E-state index in [9.17, 15) is 0 Å². The first kappa shape index (κ1) is 15.6. The maximum absolute atomic E-state index is 5.35. The smallest absolute Gasteiger partial charge is 0.127 e. The molecule has 0 N–H and O–H groups in total. The monoisotopic (exact) mass is 309 g/mol. The maximum atomic E-state index is 5.35. The molecule has 1 saturated heterocycles. The van der Waals surface area contributed by atoms with Crippen molar-refractivity contribution in [1.29, 1.82) is 0 Å². The molecule has 0 spiro atoms. The molecular weight excluding hydrogens is 286 g/mol. The summed E-state index contributed by atoms with van der Waals surface area (Å²) in [5.41, 5.74) is 2.39. The van der Waals surface area contributed by atoms with Crippen molar-refractivity contribution in [3.05, 3.63) is 65.7 Å². The minimum absolute atomic E-state index is 0.860. The predicted octanol–water partition coefficient (Wildman–Crippen LogP) is 2.85. The van der Waals surface area contributed by atoms with Gasteiger partial charge in [-0.15, -0.1) is 0 Å². The highest BCUT2D eigenvalue weighted by atomic mass is 16.5. The highest BCUT2D eigenvalue weighted by Gasteiger charge is 2.15.